The van der Waals surface area contributed by atoms with E-state index in [-0.39, 0.29) is 11.3 Å². The fourth-order valence-corrected chi connectivity index (χ4v) is 4.71. The molecule has 0 bridgehead atoms. The van der Waals surface area contributed by atoms with Gasteiger partial charge in [-0.3, -0.25) is 4.21 Å². The lowest BCUT2D eigenvalue weighted by molar-refractivity contribution is 0.0295. The van der Waals surface area contributed by atoms with Gasteiger partial charge < -0.3 is 9.64 Å². The number of carbonyl (C=O) groups excluding carboxylic acids is 1. The molecule has 0 unspecified atom stereocenters. The summed E-state index contributed by atoms with van der Waals surface area (Å²) >= 11 is 7.11. The average Bonchev–Trinajstić information content (AvgIpc) is 2.96. The summed E-state index contributed by atoms with van der Waals surface area (Å²) in [6, 6.07) is 0. The van der Waals surface area contributed by atoms with Crippen LogP contribution < -0.4 is 0 Å². The minimum atomic E-state index is -1.03. The normalized spacial score (nSPS) is 20.6. The van der Waals surface area contributed by atoms with Gasteiger partial charge in [-0.25, -0.2) is 9.78 Å². The molecule has 0 saturated carbocycles. The molecule has 1 fully saturated rings. The van der Waals surface area contributed by atoms with Crippen LogP contribution in [0.2, 0.25) is 4.47 Å². The highest BCUT2D eigenvalue weighted by molar-refractivity contribution is 7.85. The lowest BCUT2D eigenvalue weighted by Crippen LogP contribution is -2.36. The van der Waals surface area contributed by atoms with Gasteiger partial charge in [0, 0.05) is 35.0 Å². The Labute approximate surface area is 136 Å². The Balaban J connectivity index is 1.87. The first-order valence-corrected chi connectivity index (χ1v) is 9.27. The number of aromatic nitrogens is 1. The summed E-state index contributed by atoms with van der Waals surface area (Å²) in [5.41, 5.74) is -0.506. The Morgan fingerprint density at radius 1 is 1.62 bits per heavy atom. The third-order valence-corrected chi connectivity index (χ3v) is 6.00. The van der Waals surface area contributed by atoms with Gasteiger partial charge in [-0.15, -0.1) is 11.3 Å². The van der Waals surface area contributed by atoms with Crippen LogP contribution in [0.4, 0.5) is 4.79 Å². The number of hydrogen-bond acceptors (Lipinski definition) is 5. The summed E-state index contributed by atoms with van der Waals surface area (Å²) in [5.74, 6) is 0.442. The van der Waals surface area contributed by atoms with E-state index < -0.39 is 16.4 Å². The van der Waals surface area contributed by atoms with Gasteiger partial charge in [0.2, 0.25) is 0 Å². The Morgan fingerprint density at radius 3 is 2.90 bits per heavy atom. The molecule has 1 aliphatic rings. The smallest absolute Gasteiger partial charge is 0.410 e. The molecular formula is C13H19ClN2O3S2. The maximum Gasteiger partial charge on any atom is 0.410 e. The van der Waals surface area contributed by atoms with Gasteiger partial charge in [-0.05, 0) is 27.2 Å². The highest BCUT2D eigenvalue weighted by Crippen LogP contribution is 2.23. The average molecular weight is 351 g/mol. The fourth-order valence-electron chi connectivity index (χ4n) is 2.04. The van der Waals surface area contributed by atoms with Crippen molar-refractivity contribution < 1.29 is 13.7 Å². The van der Waals surface area contributed by atoms with E-state index in [1.807, 2.05) is 20.8 Å². The number of amides is 1. The van der Waals surface area contributed by atoms with Crippen LogP contribution in [0.5, 0.6) is 0 Å². The van der Waals surface area contributed by atoms with Crippen LogP contribution in [0.3, 0.4) is 0 Å². The van der Waals surface area contributed by atoms with Crippen LogP contribution in [-0.4, -0.2) is 44.1 Å². The molecule has 0 N–H and O–H groups in total. The van der Waals surface area contributed by atoms with Gasteiger partial charge in [0.1, 0.15) is 5.60 Å². The number of halogens is 1. The van der Waals surface area contributed by atoms with Crippen LogP contribution in [0, 0.1) is 0 Å². The Kier molecular flexibility index (Phi) is 5.27. The first-order chi connectivity index (χ1) is 9.74. The van der Waals surface area contributed by atoms with Crippen molar-refractivity contribution in [2.75, 3.05) is 13.1 Å². The zero-order valence-corrected chi connectivity index (χ0v) is 14.7. The Bertz CT molecular complexity index is 542. The molecule has 8 heteroatoms. The van der Waals surface area contributed by atoms with E-state index in [9.17, 15) is 9.00 Å². The molecule has 0 aromatic carbocycles. The fraction of sp³-hybridized carbons (Fsp3) is 0.692. The van der Waals surface area contributed by atoms with E-state index in [1.54, 1.807) is 11.1 Å². The molecule has 21 heavy (non-hydrogen) atoms. The molecule has 0 radical (unpaired) electrons. The molecule has 2 atom stereocenters. The van der Waals surface area contributed by atoms with Crippen LogP contribution in [0.15, 0.2) is 6.20 Å². The number of thiazole rings is 1. The van der Waals surface area contributed by atoms with Crippen molar-refractivity contribution in [1.82, 2.24) is 9.88 Å². The predicted molar refractivity (Wildman–Crippen MR) is 85.2 cm³/mol. The molecule has 1 amide bonds. The van der Waals surface area contributed by atoms with E-state index in [4.69, 9.17) is 16.3 Å². The lowest BCUT2D eigenvalue weighted by atomic mass is 10.2. The van der Waals surface area contributed by atoms with E-state index in [1.165, 1.54) is 11.3 Å². The number of nitrogens with zero attached hydrogens (tertiary/aromatic N) is 2. The maximum atomic E-state index is 12.3. The van der Waals surface area contributed by atoms with Crippen molar-refractivity contribution >= 4 is 39.8 Å². The molecule has 0 spiro atoms. The Hall–Kier alpha value is -0.660. The van der Waals surface area contributed by atoms with E-state index in [0.717, 1.165) is 11.3 Å². The summed E-state index contributed by atoms with van der Waals surface area (Å²) in [7, 11) is -1.03. The third kappa shape index (κ3) is 4.93. The first kappa shape index (κ1) is 16.7. The third-order valence-electron chi connectivity index (χ3n) is 2.98. The summed E-state index contributed by atoms with van der Waals surface area (Å²) < 4.78 is 18.1. The molecule has 1 aromatic heterocycles. The monoisotopic (exact) mass is 350 g/mol. The topological polar surface area (TPSA) is 59.5 Å². The van der Waals surface area contributed by atoms with Gasteiger partial charge >= 0.3 is 6.09 Å². The van der Waals surface area contributed by atoms with Gasteiger partial charge in [0.25, 0.3) is 0 Å². The van der Waals surface area contributed by atoms with E-state index in [0.29, 0.717) is 23.3 Å². The lowest BCUT2D eigenvalue weighted by Gasteiger charge is -2.24. The summed E-state index contributed by atoms with van der Waals surface area (Å²) in [5, 5.41) is -0.0154. The first-order valence-electron chi connectivity index (χ1n) is 6.70. The minimum absolute atomic E-state index is 0.0154. The predicted octanol–water partition coefficient (Wildman–Crippen LogP) is 3.05. The van der Waals surface area contributed by atoms with Crippen LogP contribution in [-0.2, 0) is 21.3 Å². The number of rotatable bonds is 3. The highest BCUT2D eigenvalue weighted by atomic mass is 35.5. The van der Waals surface area contributed by atoms with Crippen LogP contribution in [0.1, 0.15) is 32.1 Å². The zero-order chi connectivity index (χ0) is 15.6. The molecular weight excluding hydrogens is 332 g/mol. The van der Waals surface area contributed by atoms with Gasteiger partial charge in [-0.1, -0.05) is 11.6 Å². The summed E-state index contributed by atoms with van der Waals surface area (Å²) in [4.78, 5) is 18.5. The van der Waals surface area contributed by atoms with Gasteiger partial charge in [0.15, 0.2) is 4.47 Å². The van der Waals surface area contributed by atoms with Crippen LogP contribution in [0.25, 0.3) is 0 Å². The van der Waals surface area contributed by atoms with Crippen molar-refractivity contribution in [2.24, 2.45) is 0 Å². The summed E-state index contributed by atoms with van der Waals surface area (Å²) in [6.45, 7) is 6.58. The molecule has 1 aromatic rings. The second-order valence-electron chi connectivity index (χ2n) is 5.94. The van der Waals surface area contributed by atoms with E-state index >= 15 is 0 Å². The van der Waals surface area contributed by atoms with Crippen molar-refractivity contribution in [1.29, 1.82) is 0 Å². The van der Waals surface area contributed by atoms with Crippen LogP contribution >= 0.6 is 22.9 Å². The van der Waals surface area contributed by atoms with Gasteiger partial charge in [0.05, 0.1) is 11.0 Å². The SMILES string of the molecule is CC(C)(C)OC(=O)N1CC[C@@H]([S@@](=O)Cc2cnc(Cl)s2)C1. The molecule has 118 valence electrons. The Morgan fingerprint density at radius 2 is 2.33 bits per heavy atom. The molecule has 2 heterocycles. The minimum Gasteiger partial charge on any atom is -0.444 e. The molecule has 2 rings (SSSR count). The van der Waals surface area contributed by atoms with Crippen molar-refractivity contribution in [2.45, 2.75) is 43.8 Å². The number of hydrogen-bond donors (Lipinski definition) is 0. The molecule has 5 nitrogen and oxygen atoms in total. The van der Waals surface area contributed by atoms with Crippen molar-refractivity contribution in [3.63, 3.8) is 0 Å². The standard InChI is InChI=1S/C13H19ClN2O3S2/c1-13(2,3)19-12(17)16-5-4-10(7-16)21(18)8-9-6-15-11(14)20-9/h6,10H,4-5,7-8H2,1-3H3/t10-,21+/m1/s1. The second-order valence-corrected chi connectivity index (χ2v) is 9.36. The maximum absolute atomic E-state index is 12.3. The summed E-state index contributed by atoms with van der Waals surface area (Å²) in [6.07, 6.45) is 2.06. The number of ether oxygens (including phenoxy) is 1. The van der Waals surface area contributed by atoms with E-state index in [2.05, 4.69) is 4.98 Å². The number of carbonyl (C=O) groups is 1. The second kappa shape index (κ2) is 6.62. The van der Waals surface area contributed by atoms with Crippen molar-refractivity contribution in [3.05, 3.63) is 15.5 Å². The molecule has 1 saturated heterocycles. The quantitative estimate of drug-likeness (QED) is 0.840. The molecule has 0 aliphatic carbocycles. The molecule has 1 aliphatic heterocycles. The van der Waals surface area contributed by atoms with Gasteiger partial charge in [-0.2, -0.15) is 0 Å². The number of likely N-dealkylation sites (tertiary alicyclic amines) is 1. The highest BCUT2D eigenvalue weighted by Gasteiger charge is 2.32. The zero-order valence-electron chi connectivity index (χ0n) is 12.3. The van der Waals surface area contributed by atoms with Crippen molar-refractivity contribution in [3.8, 4) is 0 Å². The largest absolute Gasteiger partial charge is 0.444 e.